The highest BCUT2D eigenvalue weighted by atomic mass is 32.2. The minimum atomic E-state index is -0.921. The molecule has 0 spiro atoms. The molecule has 1 N–H and O–H groups in total. The molecule has 0 bridgehead atoms. The van der Waals surface area contributed by atoms with E-state index >= 15 is 0 Å². The van der Waals surface area contributed by atoms with Crippen LogP contribution in [0, 0.1) is 0 Å². The maximum Gasteiger partial charge on any atom is 0.0521 e. The molecule has 1 fully saturated rings. The third-order valence-corrected chi connectivity index (χ3v) is 11.8. The van der Waals surface area contributed by atoms with Crippen LogP contribution in [0.5, 0.6) is 0 Å². The Labute approximate surface area is 164 Å². The summed E-state index contributed by atoms with van der Waals surface area (Å²) in [4.78, 5) is 0. The Morgan fingerprint density at radius 1 is 0.720 bits per heavy atom. The minimum absolute atomic E-state index is 0.338. The van der Waals surface area contributed by atoms with Gasteiger partial charge in [0.2, 0.25) is 0 Å². The standard InChI is InChI=1S/C22H46OSSi/c1-25(2,22-16-12-11-13-17-22)21-15-10-8-6-4-3-5-7-9-14-19-24-20-18-23/h22-23H,3-21H2,1-2H3. The molecule has 0 aromatic heterocycles. The van der Waals surface area contributed by atoms with Gasteiger partial charge in [-0.3, -0.25) is 0 Å². The smallest absolute Gasteiger partial charge is 0.0521 e. The molecule has 1 aliphatic rings. The number of aliphatic hydroxyl groups excluding tert-OH is 1. The van der Waals surface area contributed by atoms with Gasteiger partial charge in [0.25, 0.3) is 0 Å². The predicted octanol–water partition coefficient (Wildman–Crippen LogP) is 7.66. The van der Waals surface area contributed by atoms with Gasteiger partial charge in [0.05, 0.1) is 14.7 Å². The Bertz CT molecular complexity index is 290. The summed E-state index contributed by atoms with van der Waals surface area (Å²) in [5.74, 6) is 2.15. The Morgan fingerprint density at radius 3 is 1.80 bits per heavy atom. The van der Waals surface area contributed by atoms with Gasteiger partial charge in [-0.05, 0) is 17.7 Å². The molecule has 0 aromatic rings. The second-order valence-electron chi connectivity index (χ2n) is 8.95. The van der Waals surface area contributed by atoms with E-state index in [1.807, 2.05) is 11.8 Å². The molecule has 0 heterocycles. The van der Waals surface area contributed by atoms with Crippen molar-refractivity contribution in [3.63, 3.8) is 0 Å². The molecule has 1 saturated carbocycles. The summed E-state index contributed by atoms with van der Waals surface area (Å²) in [5.41, 5.74) is 1.14. The monoisotopic (exact) mass is 386 g/mol. The van der Waals surface area contributed by atoms with Gasteiger partial charge in [0.15, 0.2) is 0 Å². The first-order chi connectivity index (χ1) is 12.2. The molecular weight excluding hydrogens is 340 g/mol. The maximum atomic E-state index is 8.72. The average molecular weight is 387 g/mol. The Balaban J connectivity index is 1.82. The van der Waals surface area contributed by atoms with Crippen LogP contribution in [-0.2, 0) is 0 Å². The first-order valence-corrected chi connectivity index (χ1v) is 15.8. The van der Waals surface area contributed by atoms with Crippen LogP contribution in [0.4, 0.5) is 0 Å². The van der Waals surface area contributed by atoms with Crippen LogP contribution in [0.3, 0.4) is 0 Å². The zero-order valence-corrected chi connectivity index (χ0v) is 19.2. The van der Waals surface area contributed by atoms with Gasteiger partial charge in [0.1, 0.15) is 0 Å². The predicted molar refractivity (Wildman–Crippen MR) is 120 cm³/mol. The van der Waals surface area contributed by atoms with E-state index in [2.05, 4.69) is 13.1 Å². The van der Waals surface area contributed by atoms with Gasteiger partial charge < -0.3 is 5.11 Å². The fraction of sp³-hybridized carbons (Fsp3) is 1.00. The first kappa shape index (κ1) is 23.6. The zero-order chi connectivity index (χ0) is 18.2. The quantitative estimate of drug-likeness (QED) is 0.217. The van der Waals surface area contributed by atoms with Gasteiger partial charge in [-0.15, -0.1) is 0 Å². The summed E-state index contributed by atoms with van der Waals surface area (Å²) in [6, 6.07) is 1.59. The molecule has 0 unspecified atom stereocenters. The van der Waals surface area contributed by atoms with E-state index < -0.39 is 8.07 Å². The Kier molecular flexibility index (Phi) is 14.7. The summed E-state index contributed by atoms with van der Waals surface area (Å²) in [6.07, 6.45) is 22.1. The van der Waals surface area contributed by atoms with Crippen molar-refractivity contribution in [1.29, 1.82) is 0 Å². The van der Waals surface area contributed by atoms with Crippen molar-refractivity contribution in [3.05, 3.63) is 0 Å². The molecule has 0 atom stereocenters. The normalized spacial score (nSPS) is 16.4. The summed E-state index contributed by atoms with van der Waals surface area (Å²) in [6.45, 7) is 5.68. The van der Waals surface area contributed by atoms with Gasteiger partial charge >= 0.3 is 0 Å². The molecule has 0 amide bonds. The van der Waals surface area contributed by atoms with Crippen LogP contribution in [0.1, 0.15) is 96.3 Å². The SMILES string of the molecule is C[Si](C)(CCCCCCCCCCCCSCCO)C1CCCCC1. The molecule has 3 heteroatoms. The number of hydrogen-bond acceptors (Lipinski definition) is 2. The van der Waals surface area contributed by atoms with Crippen LogP contribution in [0.2, 0.25) is 24.7 Å². The molecule has 0 saturated heterocycles. The highest BCUT2D eigenvalue weighted by molar-refractivity contribution is 7.99. The minimum Gasteiger partial charge on any atom is -0.396 e. The number of thioether (sulfide) groups is 1. The average Bonchev–Trinajstić information content (AvgIpc) is 2.63. The molecule has 0 aromatic carbocycles. The van der Waals surface area contributed by atoms with Crippen molar-refractivity contribution in [2.75, 3.05) is 18.1 Å². The van der Waals surface area contributed by atoms with Crippen molar-refractivity contribution in [1.82, 2.24) is 0 Å². The van der Waals surface area contributed by atoms with Gasteiger partial charge in [-0.25, -0.2) is 0 Å². The Hall–Kier alpha value is 0.527. The third kappa shape index (κ3) is 12.5. The van der Waals surface area contributed by atoms with E-state index in [1.54, 1.807) is 18.9 Å². The number of aliphatic hydroxyl groups is 1. The summed E-state index contributed by atoms with van der Waals surface area (Å²) in [5, 5.41) is 8.72. The van der Waals surface area contributed by atoms with E-state index in [1.165, 1.54) is 89.2 Å². The highest BCUT2D eigenvalue weighted by Gasteiger charge is 2.31. The summed E-state index contributed by atoms with van der Waals surface area (Å²) >= 11 is 1.90. The summed E-state index contributed by atoms with van der Waals surface area (Å²) in [7, 11) is -0.921. The zero-order valence-electron chi connectivity index (χ0n) is 17.4. The lowest BCUT2D eigenvalue weighted by molar-refractivity contribution is 0.322. The van der Waals surface area contributed by atoms with Crippen LogP contribution in [-0.4, -0.2) is 31.3 Å². The van der Waals surface area contributed by atoms with E-state index in [4.69, 9.17) is 5.11 Å². The lowest BCUT2D eigenvalue weighted by atomic mass is 10.0. The lowest BCUT2D eigenvalue weighted by Gasteiger charge is -2.35. The fourth-order valence-electron chi connectivity index (χ4n) is 4.45. The molecule has 1 aliphatic carbocycles. The molecular formula is C22H46OSSi. The second kappa shape index (κ2) is 15.6. The van der Waals surface area contributed by atoms with Crippen LogP contribution >= 0.6 is 11.8 Å². The largest absolute Gasteiger partial charge is 0.396 e. The van der Waals surface area contributed by atoms with Crippen molar-refractivity contribution in [3.8, 4) is 0 Å². The highest BCUT2D eigenvalue weighted by Crippen LogP contribution is 2.39. The maximum absolute atomic E-state index is 8.72. The summed E-state index contributed by atoms with van der Waals surface area (Å²) < 4.78 is 0. The number of hydrogen-bond donors (Lipinski definition) is 1. The number of unbranched alkanes of at least 4 members (excludes halogenated alkanes) is 9. The van der Waals surface area contributed by atoms with Crippen molar-refractivity contribution >= 4 is 19.8 Å². The van der Waals surface area contributed by atoms with Crippen molar-refractivity contribution in [2.45, 2.75) is 121 Å². The van der Waals surface area contributed by atoms with E-state index in [-0.39, 0.29) is 0 Å². The van der Waals surface area contributed by atoms with Crippen LogP contribution < -0.4 is 0 Å². The van der Waals surface area contributed by atoms with Gasteiger partial charge in [-0.2, -0.15) is 11.8 Å². The third-order valence-electron chi connectivity index (χ3n) is 6.31. The molecule has 0 aliphatic heterocycles. The Morgan fingerprint density at radius 2 is 1.24 bits per heavy atom. The van der Waals surface area contributed by atoms with E-state index in [0.29, 0.717) is 6.61 Å². The molecule has 25 heavy (non-hydrogen) atoms. The van der Waals surface area contributed by atoms with E-state index in [9.17, 15) is 0 Å². The second-order valence-corrected chi connectivity index (χ2v) is 15.5. The van der Waals surface area contributed by atoms with Crippen LogP contribution in [0.15, 0.2) is 0 Å². The molecule has 0 radical (unpaired) electrons. The van der Waals surface area contributed by atoms with E-state index in [0.717, 1.165) is 11.3 Å². The first-order valence-electron chi connectivity index (χ1n) is 11.4. The number of rotatable bonds is 16. The molecule has 1 nitrogen and oxygen atoms in total. The topological polar surface area (TPSA) is 20.2 Å². The van der Waals surface area contributed by atoms with Gasteiger partial charge in [-0.1, -0.05) is 109 Å². The molecule has 150 valence electrons. The van der Waals surface area contributed by atoms with Crippen LogP contribution in [0.25, 0.3) is 0 Å². The van der Waals surface area contributed by atoms with Crippen molar-refractivity contribution in [2.24, 2.45) is 0 Å². The lowest BCUT2D eigenvalue weighted by Crippen LogP contribution is -2.33. The van der Waals surface area contributed by atoms with Gasteiger partial charge in [0, 0.05) is 5.75 Å². The van der Waals surface area contributed by atoms with Crippen molar-refractivity contribution < 1.29 is 5.11 Å². The molecule has 1 rings (SSSR count). The fourth-order valence-corrected chi connectivity index (χ4v) is 8.74.